The van der Waals surface area contributed by atoms with Gasteiger partial charge in [-0.2, -0.15) is 4.72 Å². The third kappa shape index (κ3) is 7.16. The van der Waals surface area contributed by atoms with Gasteiger partial charge in [0.05, 0.1) is 4.90 Å². The summed E-state index contributed by atoms with van der Waals surface area (Å²) >= 11 is 0. The summed E-state index contributed by atoms with van der Waals surface area (Å²) < 4.78 is 33.2. The van der Waals surface area contributed by atoms with Crippen LogP contribution >= 0.6 is 0 Å². The Kier molecular flexibility index (Phi) is 7.96. The first-order chi connectivity index (χ1) is 14.1. The fourth-order valence-corrected chi connectivity index (χ4v) is 3.91. The largest absolute Gasteiger partial charge is 0.484 e. The molecule has 0 aromatic heterocycles. The van der Waals surface area contributed by atoms with Crippen LogP contribution in [0, 0.1) is 12.8 Å². The minimum absolute atomic E-state index is 0.0757. The third-order valence-corrected chi connectivity index (χ3v) is 5.62. The molecule has 0 aliphatic rings. The van der Waals surface area contributed by atoms with Gasteiger partial charge in [-0.25, -0.2) is 8.42 Å². The lowest BCUT2D eigenvalue weighted by molar-refractivity contribution is -0.120. The molecule has 1 atom stereocenters. The molecule has 0 radical (unpaired) electrons. The second-order valence-corrected chi connectivity index (χ2v) is 9.10. The Bertz CT molecular complexity index is 988. The van der Waals surface area contributed by atoms with Crippen molar-refractivity contribution in [3.05, 3.63) is 54.1 Å². The molecule has 2 aromatic rings. The first-order valence-electron chi connectivity index (χ1n) is 9.48. The summed E-state index contributed by atoms with van der Waals surface area (Å²) in [6.45, 7) is 5.38. The van der Waals surface area contributed by atoms with Crippen LogP contribution in [0.4, 0.5) is 5.69 Å². The van der Waals surface area contributed by atoms with E-state index < -0.39 is 27.9 Å². The van der Waals surface area contributed by atoms with E-state index in [9.17, 15) is 18.0 Å². The van der Waals surface area contributed by atoms with E-state index in [0.717, 1.165) is 5.56 Å². The van der Waals surface area contributed by atoms with E-state index in [1.165, 1.54) is 18.2 Å². The second kappa shape index (κ2) is 10.2. The van der Waals surface area contributed by atoms with Gasteiger partial charge in [0, 0.05) is 11.8 Å². The molecule has 2 aromatic carbocycles. The monoisotopic (exact) mass is 433 g/mol. The molecule has 2 rings (SSSR count). The number of aryl methyl sites for hydroxylation is 1. The number of carbonyl (C=O) groups excluding carboxylic acids is 2. The highest BCUT2D eigenvalue weighted by atomic mass is 32.2. The number of carbonyl (C=O) groups is 2. The van der Waals surface area contributed by atoms with Crippen molar-refractivity contribution >= 4 is 27.5 Å². The summed E-state index contributed by atoms with van der Waals surface area (Å²) in [5.41, 5.74) is 6.40. The number of nitrogens with two attached hydrogens (primary N) is 1. The van der Waals surface area contributed by atoms with E-state index >= 15 is 0 Å². The van der Waals surface area contributed by atoms with E-state index in [-0.39, 0.29) is 17.4 Å². The Labute approximate surface area is 176 Å². The van der Waals surface area contributed by atoms with E-state index in [0.29, 0.717) is 17.9 Å². The lowest BCUT2D eigenvalue weighted by Gasteiger charge is -2.20. The maximum absolute atomic E-state index is 12.8. The number of hydrogen-bond acceptors (Lipinski definition) is 5. The highest BCUT2D eigenvalue weighted by molar-refractivity contribution is 7.89. The summed E-state index contributed by atoms with van der Waals surface area (Å²) in [5, 5.41) is 2.70. The Balaban J connectivity index is 2.16. The van der Waals surface area contributed by atoms with Crippen LogP contribution in [0.15, 0.2) is 53.4 Å². The average Bonchev–Trinajstić information content (AvgIpc) is 2.66. The van der Waals surface area contributed by atoms with Gasteiger partial charge in [0.25, 0.3) is 5.91 Å². The van der Waals surface area contributed by atoms with Gasteiger partial charge >= 0.3 is 0 Å². The number of primary amides is 1. The molecule has 0 saturated carbocycles. The summed E-state index contributed by atoms with van der Waals surface area (Å²) in [7, 11) is -3.87. The minimum Gasteiger partial charge on any atom is -0.484 e. The molecule has 9 heteroatoms. The Morgan fingerprint density at radius 1 is 1.10 bits per heavy atom. The normalized spacial score (nSPS) is 12.4. The lowest BCUT2D eigenvalue weighted by atomic mass is 10.0. The van der Waals surface area contributed by atoms with Crippen molar-refractivity contribution in [1.82, 2.24) is 4.72 Å². The third-order valence-electron chi connectivity index (χ3n) is 4.13. The van der Waals surface area contributed by atoms with Crippen LogP contribution in [0.3, 0.4) is 0 Å². The smallest absolute Gasteiger partial charge is 0.255 e. The van der Waals surface area contributed by atoms with Crippen LogP contribution in [0.5, 0.6) is 5.75 Å². The van der Waals surface area contributed by atoms with Crippen molar-refractivity contribution in [2.45, 2.75) is 38.1 Å². The van der Waals surface area contributed by atoms with Crippen LogP contribution in [0.25, 0.3) is 0 Å². The van der Waals surface area contributed by atoms with Crippen LogP contribution in [0.1, 0.15) is 25.8 Å². The molecule has 30 heavy (non-hydrogen) atoms. The van der Waals surface area contributed by atoms with E-state index in [1.807, 2.05) is 20.8 Å². The zero-order valence-electron chi connectivity index (χ0n) is 17.2. The zero-order chi connectivity index (χ0) is 22.3. The molecule has 0 bridgehead atoms. The highest BCUT2D eigenvalue weighted by Crippen LogP contribution is 2.19. The second-order valence-electron chi connectivity index (χ2n) is 7.39. The average molecular weight is 434 g/mol. The van der Waals surface area contributed by atoms with Gasteiger partial charge in [-0.3, -0.25) is 9.59 Å². The number of anilines is 1. The summed E-state index contributed by atoms with van der Waals surface area (Å²) in [4.78, 5) is 23.8. The molecule has 0 spiro atoms. The molecular formula is C21H27N3O5S. The van der Waals surface area contributed by atoms with Gasteiger partial charge in [-0.1, -0.05) is 37.6 Å². The Morgan fingerprint density at radius 2 is 1.77 bits per heavy atom. The van der Waals surface area contributed by atoms with Crippen LogP contribution in [-0.2, 0) is 19.6 Å². The van der Waals surface area contributed by atoms with Crippen molar-refractivity contribution in [2.75, 3.05) is 11.9 Å². The fourth-order valence-electron chi connectivity index (χ4n) is 2.70. The molecule has 0 heterocycles. The molecule has 2 amide bonds. The van der Waals surface area contributed by atoms with Gasteiger partial charge < -0.3 is 15.8 Å². The van der Waals surface area contributed by atoms with Gasteiger partial charge in [-0.15, -0.1) is 0 Å². The number of sulfonamides is 1. The maximum atomic E-state index is 12.8. The number of nitrogens with one attached hydrogen (secondary N) is 2. The topological polar surface area (TPSA) is 128 Å². The standard InChI is InChI=1S/C21H27N3O5S/c1-14(2)11-19(24-30(27,28)18-9-7-15(3)8-10-18)21(26)23-16-5-4-6-17(12-16)29-13-20(22)25/h4-10,12,14,19,24H,11,13H2,1-3H3,(H2,22,25)(H,23,26)/t19-/m0/s1. The predicted molar refractivity (Wildman–Crippen MR) is 115 cm³/mol. The number of benzene rings is 2. The summed E-state index contributed by atoms with van der Waals surface area (Å²) in [6, 6.07) is 11.9. The quantitative estimate of drug-likeness (QED) is 0.529. The molecule has 0 aliphatic heterocycles. The van der Waals surface area contributed by atoms with Crippen LogP contribution < -0.4 is 20.5 Å². The Hall–Kier alpha value is -2.91. The van der Waals surface area contributed by atoms with Crippen molar-refractivity contribution in [3.8, 4) is 5.75 Å². The summed E-state index contributed by atoms with van der Waals surface area (Å²) in [6.07, 6.45) is 0.314. The molecule has 0 saturated heterocycles. The number of amides is 2. The van der Waals surface area contributed by atoms with E-state index in [2.05, 4.69) is 10.0 Å². The van der Waals surface area contributed by atoms with Crippen LogP contribution in [-0.4, -0.2) is 32.9 Å². The highest BCUT2D eigenvalue weighted by Gasteiger charge is 2.26. The Morgan fingerprint density at radius 3 is 2.37 bits per heavy atom. The predicted octanol–water partition coefficient (Wildman–Crippen LogP) is 2.19. The van der Waals surface area contributed by atoms with Crippen LogP contribution in [0.2, 0.25) is 0 Å². The molecule has 4 N–H and O–H groups in total. The van der Waals surface area contributed by atoms with Gasteiger partial charge in [-0.05, 0) is 43.5 Å². The molecule has 8 nitrogen and oxygen atoms in total. The first kappa shape index (κ1) is 23.4. The molecule has 0 aliphatic carbocycles. The SMILES string of the molecule is Cc1ccc(S(=O)(=O)N[C@@H](CC(C)C)C(=O)Nc2cccc(OCC(N)=O)c2)cc1. The van der Waals surface area contributed by atoms with Crippen molar-refractivity contribution in [3.63, 3.8) is 0 Å². The maximum Gasteiger partial charge on any atom is 0.255 e. The van der Waals surface area contributed by atoms with Crippen molar-refractivity contribution in [2.24, 2.45) is 11.7 Å². The van der Waals surface area contributed by atoms with Gasteiger partial charge in [0.2, 0.25) is 15.9 Å². The first-order valence-corrected chi connectivity index (χ1v) is 11.0. The van der Waals surface area contributed by atoms with E-state index in [4.69, 9.17) is 10.5 Å². The molecule has 0 fully saturated rings. The van der Waals surface area contributed by atoms with Gasteiger partial charge in [0.15, 0.2) is 6.61 Å². The minimum atomic E-state index is -3.87. The number of ether oxygens (including phenoxy) is 1. The van der Waals surface area contributed by atoms with Gasteiger partial charge in [0.1, 0.15) is 11.8 Å². The molecule has 162 valence electrons. The summed E-state index contributed by atoms with van der Waals surface area (Å²) in [5.74, 6) is -0.683. The fraction of sp³-hybridized carbons (Fsp3) is 0.333. The number of rotatable bonds is 10. The van der Waals surface area contributed by atoms with E-state index in [1.54, 1.807) is 30.3 Å². The van der Waals surface area contributed by atoms with Crippen molar-refractivity contribution < 1.29 is 22.7 Å². The van der Waals surface area contributed by atoms with Crippen molar-refractivity contribution in [1.29, 1.82) is 0 Å². The lowest BCUT2D eigenvalue weighted by Crippen LogP contribution is -2.44. The molecule has 0 unspecified atom stereocenters. The zero-order valence-corrected chi connectivity index (χ0v) is 18.0. The molecular weight excluding hydrogens is 406 g/mol. The number of hydrogen-bond donors (Lipinski definition) is 3.